The van der Waals surface area contributed by atoms with Crippen LogP contribution in [0.25, 0.3) is 17.2 Å². The number of pyridine rings is 1. The zero-order chi connectivity index (χ0) is 27.7. The van der Waals surface area contributed by atoms with Gasteiger partial charge in [-0.05, 0) is 37.3 Å². The van der Waals surface area contributed by atoms with E-state index in [0.29, 0.717) is 12.8 Å². The van der Waals surface area contributed by atoms with E-state index < -0.39 is 42.1 Å². The summed E-state index contributed by atoms with van der Waals surface area (Å²) in [6.45, 7) is 0. The Kier molecular flexibility index (Phi) is 5.35. The number of fused-ring (bicyclic) bond motifs is 2. The molecule has 1 saturated carbocycles. The predicted octanol–water partition coefficient (Wildman–Crippen LogP) is 4.08. The number of hydrogen-bond acceptors (Lipinski definition) is 7. The molecule has 202 valence electrons. The lowest BCUT2D eigenvalue weighted by Crippen LogP contribution is -2.39. The Morgan fingerprint density at radius 2 is 1.87 bits per heavy atom. The first-order valence-corrected chi connectivity index (χ1v) is 11.8. The molecule has 4 aromatic rings. The summed E-state index contributed by atoms with van der Waals surface area (Å²) in [4.78, 5) is 34.5. The number of imidazole rings is 1. The largest absolute Gasteiger partial charge is 0.453 e. The van der Waals surface area contributed by atoms with Gasteiger partial charge in [0.15, 0.2) is 11.5 Å². The minimum absolute atomic E-state index is 0.0124. The first-order valence-electron chi connectivity index (χ1n) is 11.8. The Hall–Kier alpha value is -4.30. The van der Waals surface area contributed by atoms with Gasteiger partial charge >= 0.3 is 12.1 Å². The van der Waals surface area contributed by atoms with Gasteiger partial charge in [-0.25, -0.2) is 24.3 Å². The molecular formula is C24H18F6N8O. The van der Waals surface area contributed by atoms with Gasteiger partial charge in [0.25, 0.3) is 0 Å². The molecule has 1 unspecified atom stereocenters. The van der Waals surface area contributed by atoms with E-state index >= 15 is 0 Å². The van der Waals surface area contributed by atoms with Crippen LogP contribution in [0.1, 0.15) is 36.2 Å². The van der Waals surface area contributed by atoms with Crippen molar-refractivity contribution in [2.75, 3.05) is 11.1 Å². The first-order chi connectivity index (χ1) is 18.4. The van der Waals surface area contributed by atoms with Gasteiger partial charge in [0, 0.05) is 25.0 Å². The van der Waals surface area contributed by atoms with E-state index in [1.807, 2.05) is 0 Å². The SMILES string of the molecule is Nc1nc(-c2cn3ccnc3c(CCC(F)(F)C(F)(F)F)n2)nc2c1C(c1ccc(F)cn1)(C1CC1)C(=O)N2. The van der Waals surface area contributed by atoms with Crippen molar-refractivity contribution in [3.63, 3.8) is 0 Å². The standard InChI is InChI=1S/C24H18F6N8O/c25-12-3-4-15(33-9-12)23(11-1-2-11)16-17(31)35-18(36-19(16)37-21(23)39)14-10-38-8-7-32-20(38)13(34-14)5-6-22(26,27)24(28,29)30/h3-4,7-11H,1-2,5-6H2,(H3,31,35,36,37,39). The molecule has 9 nitrogen and oxygen atoms in total. The summed E-state index contributed by atoms with van der Waals surface area (Å²) in [5.41, 5.74) is 5.58. The molecule has 1 atom stereocenters. The maximum Gasteiger partial charge on any atom is 0.453 e. The number of nitrogens with two attached hydrogens (primary N) is 1. The van der Waals surface area contributed by atoms with Gasteiger partial charge in [0.05, 0.1) is 23.1 Å². The lowest BCUT2D eigenvalue weighted by Gasteiger charge is -2.27. The average Bonchev–Trinajstić information content (AvgIpc) is 3.52. The summed E-state index contributed by atoms with van der Waals surface area (Å²) in [5, 5.41) is 2.71. The molecule has 0 radical (unpaired) electrons. The van der Waals surface area contributed by atoms with E-state index in [9.17, 15) is 31.1 Å². The summed E-state index contributed by atoms with van der Waals surface area (Å²) in [6.07, 6.45) is -1.38. The van der Waals surface area contributed by atoms with Crippen LogP contribution in [0.4, 0.5) is 38.0 Å². The number of rotatable bonds is 6. The van der Waals surface area contributed by atoms with Crippen molar-refractivity contribution in [2.24, 2.45) is 5.92 Å². The number of alkyl halides is 5. The molecule has 3 N–H and O–H groups in total. The van der Waals surface area contributed by atoms with E-state index in [1.54, 1.807) is 0 Å². The average molecular weight is 548 g/mol. The number of amides is 1. The monoisotopic (exact) mass is 548 g/mol. The Morgan fingerprint density at radius 1 is 1.10 bits per heavy atom. The Labute approximate surface area is 215 Å². The second kappa shape index (κ2) is 8.35. The first kappa shape index (κ1) is 25.0. The molecule has 2 aliphatic rings. The lowest BCUT2D eigenvalue weighted by atomic mass is 9.74. The van der Waals surface area contributed by atoms with Crippen molar-refractivity contribution in [1.82, 2.24) is 29.3 Å². The normalized spacial score (nSPS) is 19.4. The molecule has 1 aliphatic carbocycles. The van der Waals surface area contributed by atoms with Crippen molar-refractivity contribution in [3.8, 4) is 11.5 Å². The fourth-order valence-corrected chi connectivity index (χ4v) is 5.05. The third-order valence-electron chi connectivity index (χ3n) is 7.01. The van der Waals surface area contributed by atoms with E-state index in [0.717, 1.165) is 6.20 Å². The fourth-order valence-electron chi connectivity index (χ4n) is 5.05. The van der Waals surface area contributed by atoms with E-state index in [1.165, 1.54) is 35.1 Å². The van der Waals surface area contributed by atoms with Gasteiger partial charge in [-0.15, -0.1) is 0 Å². The van der Waals surface area contributed by atoms with Crippen LogP contribution in [-0.4, -0.2) is 47.3 Å². The third-order valence-corrected chi connectivity index (χ3v) is 7.01. The number of aromatic nitrogens is 6. The predicted molar refractivity (Wildman–Crippen MR) is 124 cm³/mol. The molecule has 0 saturated heterocycles. The van der Waals surface area contributed by atoms with E-state index in [-0.39, 0.29) is 51.7 Å². The minimum atomic E-state index is -5.71. The number of hydrogen-bond donors (Lipinski definition) is 2. The molecule has 39 heavy (non-hydrogen) atoms. The smallest absolute Gasteiger partial charge is 0.383 e. The van der Waals surface area contributed by atoms with Gasteiger partial charge in [-0.2, -0.15) is 22.0 Å². The maximum absolute atomic E-state index is 13.6. The molecular weight excluding hydrogens is 530 g/mol. The summed E-state index contributed by atoms with van der Waals surface area (Å²) < 4.78 is 80.4. The molecule has 15 heteroatoms. The molecule has 4 aromatic heterocycles. The van der Waals surface area contributed by atoms with Crippen LogP contribution in [0.2, 0.25) is 0 Å². The highest BCUT2D eigenvalue weighted by molar-refractivity contribution is 6.09. The third kappa shape index (κ3) is 3.86. The summed E-state index contributed by atoms with van der Waals surface area (Å²) >= 11 is 0. The van der Waals surface area contributed by atoms with Crippen LogP contribution in [0, 0.1) is 11.7 Å². The lowest BCUT2D eigenvalue weighted by molar-refractivity contribution is -0.284. The van der Waals surface area contributed by atoms with Gasteiger partial charge in [0.2, 0.25) is 5.91 Å². The number of carbonyl (C=O) groups is 1. The zero-order valence-corrected chi connectivity index (χ0v) is 19.8. The van der Waals surface area contributed by atoms with E-state index in [2.05, 4.69) is 30.2 Å². The number of aryl methyl sites for hydroxylation is 1. The van der Waals surface area contributed by atoms with Crippen molar-refractivity contribution >= 4 is 23.2 Å². The van der Waals surface area contributed by atoms with E-state index in [4.69, 9.17) is 5.73 Å². The van der Waals surface area contributed by atoms with Crippen molar-refractivity contribution in [2.45, 2.75) is 43.2 Å². The van der Waals surface area contributed by atoms with Crippen molar-refractivity contribution < 1.29 is 31.1 Å². The molecule has 1 amide bonds. The van der Waals surface area contributed by atoms with Crippen LogP contribution in [0.5, 0.6) is 0 Å². The highest BCUT2D eigenvalue weighted by Gasteiger charge is 2.60. The number of carbonyl (C=O) groups excluding carboxylic acids is 1. The number of nitrogens with zero attached hydrogens (tertiary/aromatic N) is 6. The molecule has 1 fully saturated rings. The molecule has 5 heterocycles. The van der Waals surface area contributed by atoms with Gasteiger partial charge in [-0.1, -0.05) is 0 Å². The number of nitrogen functional groups attached to an aromatic ring is 1. The van der Waals surface area contributed by atoms with Crippen molar-refractivity contribution in [3.05, 3.63) is 59.7 Å². The van der Waals surface area contributed by atoms with Gasteiger partial charge in [0.1, 0.15) is 28.6 Å². The Bertz CT molecular complexity index is 1620. The Balaban J connectivity index is 1.43. The van der Waals surface area contributed by atoms with Gasteiger partial charge < -0.3 is 15.5 Å². The highest BCUT2D eigenvalue weighted by Crippen LogP contribution is 2.57. The quantitative estimate of drug-likeness (QED) is 0.348. The minimum Gasteiger partial charge on any atom is -0.383 e. The second-order valence-corrected chi connectivity index (χ2v) is 9.49. The summed E-state index contributed by atoms with van der Waals surface area (Å²) in [7, 11) is 0. The van der Waals surface area contributed by atoms with Crippen LogP contribution < -0.4 is 11.1 Å². The van der Waals surface area contributed by atoms with Crippen molar-refractivity contribution in [1.29, 1.82) is 0 Å². The maximum atomic E-state index is 13.6. The zero-order valence-electron chi connectivity index (χ0n) is 19.8. The highest BCUT2D eigenvalue weighted by atomic mass is 19.4. The number of halogens is 6. The molecule has 0 aromatic carbocycles. The molecule has 6 rings (SSSR count). The summed E-state index contributed by atoms with van der Waals surface area (Å²) in [5.74, 6) is -6.21. The van der Waals surface area contributed by atoms with Crippen LogP contribution >= 0.6 is 0 Å². The van der Waals surface area contributed by atoms with Crippen LogP contribution in [-0.2, 0) is 16.6 Å². The molecule has 1 aliphatic heterocycles. The summed E-state index contributed by atoms with van der Waals surface area (Å²) in [6, 6.07) is 2.60. The fraction of sp³-hybridized carbons (Fsp3) is 0.333. The van der Waals surface area contributed by atoms with Gasteiger partial charge in [-0.3, -0.25) is 9.78 Å². The second-order valence-electron chi connectivity index (χ2n) is 9.49. The molecule has 0 bridgehead atoms. The number of nitrogens with one attached hydrogen (secondary N) is 1. The number of anilines is 2. The van der Waals surface area contributed by atoms with Crippen LogP contribution in [0.3, 0.4) is 0 Å². The Morgan fingerprint density at radius 3 is 2.54 bits per heavy atom. The van der Waals surface area contributed by atoms with Crippen LogP contribution in [0.15, 0.2) is 36.9 Å². The molecule has 0 spiro atoms. The topological polar surface area (TPSA) is 124 Å².